The summed E-state index contributed by atoms with van der Waals surface area (Å²) in [5.74, 6) is -0.718. The molecule has 0 amide bonds. The average Bonchev–Trinajstić information content (AvgIpc) is 3.81. The van der Waals surface area contributed by atoms with Crippen LogP contribution in [0.2, 0.25) is 5.04 Å². The highest BCUT2D eigenvalue weighted by atomic mass is 28.4. The van der Waals surface area contributed by atoms with Gasteiger partial charge in [0.1, 0.15) is 35.8 Å². The lowest BCUT2D eigenvalue weighted by Crippen LogP contribution is -2.67. The van der Waals surface area contributed by atoms with E-state index < -0.39 is 44.1 Å². The molecule has 2 heterocycles. The fourth-order valence-corrected chi connectivity index (χ4v) is 12.9. The molecular weight excluding hydrogens is 689 g/mol. The normalized spacial score (nSPS) is 18.6. The molecule has 6 aromatic rings. The fourth-order valence-electron chi connectivity index (χ4n) is 8.35. The highest BCUT2D eigenvalue weighted by Crippen LogP contribution is 2.45. The maximum atomic E-state index is 12.5. The molecule has 0 aliphatic carbocycles. The van der Waals surface area contributed by atoms with Gasteiger partial charge >= 0.3 is 0 Å². The minimum absolute atomic E-state index is 0.0307. The summed E-state index contributed by atoms with van der Waals surface area (Å²) < 4.78 is 22.1. The minimum Gasteiger partial charge on any atom is -0.405 e. The monoisotopic (exact) mass is 738 g/mol. The summed E-state index contributed by atoms with van der Waals surface area (Å²) in [6.07, 6.45) is -0.717. The van der Waals surface area contributed by atoms with E-state index in [1.807, 2.05) is 102 Å². The maximum absolute atomic E-state index is 12.5. The van der Waals surface area contributed by atoms with E-state index in [0.29, 0.717) is 5.82 Å². The maximum Gasteiger partial charge on any atom is 0.261 e. The van der Waals surface area contributed by atoms with E-state index >= 15 is 0 Å². The van der Waals surface area contributed by atoms with Crippen molar-refractivity contribution in [3.8, 4) is 0 Å². The van der Waals surface area contributed by atoms with E-state index in [1.54, 1.807) is 20.0 Å². The van der Waals surface area contributed by atoms with Crippen LogP contribution in [0.15, 0.2) is 164 Å². The largest absolute Gasteiger partial charge is 0.405 e. The van der Waals surface area contributed by atoms with E-state index in [4.69, 9.17) is 18.9 Å². The molecule has 1 aromatic heterocycles. The number of rotatable bonds is 12. The Morgan fingerprint density at radius 1 is 0.667 bits per heavy atom. The van der Waals surface area contributed by atoms with Gasteiger partial charge in [-0.15, -0.1) is 0 Å². The van der Waals surface area contributed by atoms with Gasteiger partial charge in [-0.3, -0.25) is 0 Å². The zero-order chi connectivity index (χ0) is 38.0. The van der Waals surface area contributed by atoms with Gasteiger partial charge in [-0.05, 0) is 45.9 Å². The van der Waals surface area contributed by atoms with E-state index in [1.165, 1.54) is 0 Å². The number of nitrogens with zero attached hydrogens (tertiary/aromatic N) is 2. The molecule has 7 nitrogen and oxygen atoms in total. The molecular formula is C46H50N2O5Si. The van der Waals surface area contributed by atoms with Crippen LogP contribution in [0.25, 0.3) is 0 Å². The summed E-state index contributed by atoms with van der Waals surface area (Å²) in [6, 6.07) is 51.4. The second-order valence-corrected chi connectivity index (χ2v) is 19.8. The Hall–Kier alpha value is -4.67. The van der Waals surface area contributed by atoms with Gasteiger partial charge in [-0.25, -0.2) is 4.98 Å². The molecule has 2 N–H and O–H groups in total. The first-order chi connectivity index (χ1) is 26.0. The Kier molecular flexibility index (Phi) is 10.6. The van der Waals surface area contributed by atoms with Crippen LogP contribution < -0.4 is 10.4 Å². The first kappa shape index (κ1) is 37.6. The number of aliphatic hydroxyl groups excluding tert-OH is 2. The Morgan fingerprint density at radius 3 is 1.50 bits per heavy atom. The van der Waals surface area contributed by atoms with Crippen molar-refractivity contribution in [1.82, 2.24) is 9.55 Å². The molecule has 1 aliphatic heterocycles. The van der Waals surface area contributed by atoms with Crippen LogP contribution in [-0.2, 0) is 19.4 Å². The number of imidazole rings is 1. The molecule has 1 fully saturated rings. The Labute approximate surface area is 320 Å². The number of aliphatic hydroxyl groups is 2. The van der Waals surface area contributed by atoms with E-state index in [9.17, 15) is 10.2 Å². The average molecular weight is 739 g/mol. The number of benzene rings is 5. The minimum atomic E-state index is -2.98. The van der Waals surface area contributed by atoms with Crippen LogP contribution >= 0.6 is 0 Å². The van der Waals surface area contributed by atoms with Crippen molar-refractivity contribution in [1.29, 1.82) is 0 Å². The smallest absolute Gasteiger partial charge is 0.261 e. The Balaban J connectivity index is 1.29. The zero-order valence-electron chi connectivity index (χ0n) is 31.6. The fraction of sp³-hybridized carbons (Fsp3) is 0.283. The standard InChI is InChI=1S/C46H50N2O5Si/c1-44(2,3)54(37-27-17-9-18-28-37,38-29-19-10-20-30-38)51-33-39(49)41-42(53-45(4,5)52-41)40(50)43-47-31-32-48(43)46(34-21-11-6-12-22-34,35-23-13-7-14-24-35)36-25-15-8-16-26-36/h6-32,39-42,49-50H,33H2,1-5H3/t39-,40?,41-,42-/m1/s1. The molecule has 1 unspecified atom stereocenters. The van der Waals surface area contributed by atoms with Crippen molar-refractivity contribution >= 4 is 18.7 Å². The number of aromatic nitrogens is 2. The van der Waals surface area contributed by atoms with Crippen molar-refractivity contribution in [2.75, 3.05) is 6.61 Å². The van der Waals surface area contributed by atoms with Crippen LogP contribution in [0.4, 0.5) is 0 Å². The molecule has 7 rings (SSSR count). The summed E-state index contributed by atoms with van der Waals surface area (Å²) in [4.78, 5) is 4.81. The third kappa shape index (κ3) is 6.79. The van der Waals surface area contributed by atoms with Crippen LogP contribution in [0, 0.1) is 0 Å². The number of hydrogen-bond acceptors (Lipinski definition) is 6. The molecule has 4 atom stereocenters. The zero-order valence-corrected chi connectivity index (χ0v) is 32.6. The van der Waals surface area contributed by atoms with E-state index in [-0.39, 0.29) is 11.6 Å². The third-order valence-corrected chi connectivity index (χ3v) is 15.6. The first-order valence-corrected chi connectivity index (χ1v) is 20.6. The number of ether oxygens (including phenoxy) is 2. The van der Waals surface area contributed by atoms with Crippen LogP contribution in [-0.4, -0.2) is 58.8 Å². The molecule has 1 aliphatic rings. The molecule has 0 radical (unpaired) electrons. The molecule has 5 aromatic carbocycles. The highest BCUT2D eigenvalue weighted by Gasteiger charge is 2.54. The lowest BCUT2D eigenvalue weighted by Gasteiger charge is -2.43. The summed E-state index contributed by atoms with van der Waals surface area (Å²) in [7, 11) is -2.98. The van der Waals surface area contributed by atoms with Crippen molar-refractivity contribution in [2.45, 2.75) is 75.4 Å². The predicted molar refractivity (Wildman–Crippen MR) is 215 cm³/mol. The van der Waals surface area contributed by atoms with Gasteiger partial charge in [0.25, 0.3) is 8.32 Å². The van der Waals surface area contributed by atoms with E-state index in [0.717, 1.165) is 27.1 Å². The Bertz CT molecular complexity index is 1950. The highest BCUT2D eigenvalue weighted by molar-refractivity contribution is 6.99. The SMILES string of the molecule is CC1(C)O[C@H]([C@H](O)CO[Si](c2ccccc2)(c2ccccc2)C(C)(C)C)[C@@H](C(O)c2nccn2C(c2ccccc2)(c2ccccc2)c2ccccc2)O1. The lowest BCUT2D eigenvalue weighted by molar-refractivity contribution is -0.162. The molecule has 0 bridgehead atoms. The van der Waals surface area contributed by atoms with Gasteiger partial charge in [0, 0.05) is 12.4 Å². The topological polar surface area (TPSA) is 86.0 Å². The lowest BCUT2D eigenvalue weighted by atomic mass is 9.76. The summed E-state index contributed by atoms with van der Waals surface area (Å²) in [5, 5.41) is 26.6. The quantitative estimate of drug-likeness (QED) is 0.102. The van der Waals surface area contributed by atoms with Crippen molar-refractivity contribution in [2.24, 2.45) is 0 Å². The molecule has 8 heteroatoms. The second kappa shape index (κ2) is 15.2. The molecule has 0 spiro atoms. The van der Waals surface area contributed by atoms with Crippen LogP contribution in [0.1, 0.15) is 63.2 Å². The van der Waals surface area contributed by atoms with Gasteiger partial charge in [0.05, 0.1) is 6.61 Å². The van der Waals surface area contributed by atoms with Crippen LogP contribution in [0.3, 0.4) is 0 Å². The molecule has 54 heavy (non-hydrogen) atoms. The van der Waals surface area contributed by atoms with Gasteiger partial charge in [-0.1, -0.05) is 172 Å². The summed E-state index contributed by atoms with van der Waals surface area (Å²) in [6.45, 7) is 10.2. The molecule has 0 saturated carbocycles. The van der Waals surface area contributed by atoms with Crippen LogP contribution in [0.5, 0.6) is 0 Å². The number of hydrogen-bond donors (Lipinski definition) is 2. The predicted octanol–water partition coefficient (Wildman–Crippen LogP) is 7.21. The third-order valence-electron chi connectivity index (χ3n) is 10.6. The van der Waals surface area contributed by atoms with Crippen molar-refractivity contribution in [3.05, 3.63) is 187 Å². The van der Waals surface area contributed by atoms with Crippen molar-refractivity contribution in [3.63, 3.8) is 0 Å². The molecule has 1 saturated heterocycles. The first-order valence-electron chi connectivity index (χ1n) is 18.7. The van der Waals surface area contributed by atoms with Gasteiger partial charge < -0.3 is 28.7 Å². The summed E-state index contributed by atoms with van der Waals surface area (Å²) in [5.41, 5.74) is 2.07. The second-order valence-electron chi connectivity index (χ2n) is 15.5. The molecule has 278 valence electrons. The van der Waals surface area contributed by atoms with Crippen molar-refractivity contribution < 1.29 is 24.1 Å². The van der Waals surface area contributed by atoms with E-state index in [2.05, 4.69) is 81.4 Å². The Morgan fingerprint density at radius 2 is 1.07 bits per heavy atom. The van der Waals surface area contributed by atoms with Gasteiger partial charge in [0.15, 0.2) is 5.79 Å². The van der Waals surface area contributed by atoms with Gasteiger partial charge in [-0.2, -0.15) is 0 Å². The van der Waals surface area contributed by atoms with Gasteiger partial charge in [0.2, 0.25) is 0 Å². The summed E-state index contributed by atoms with van der Waals surface area (Å²) >= 11 is 0.